The minimum atomic E-state index is 0.114. The summed E-state index contributed by atoms with van der Waals surface area (Å²) in [5.41, 5.74) is 1.08. The number of hydrogen-bond donors (Lipinski definition) is 2. The van der Waals surface area contributed by atoms with Crippen LogP contribution >= 0.6 is 15.9 Å². The molecule has 0 aliphatic rings. The van der Waals surface area contributed by atoms with Crippen LogP contribution < -0.4 is 14.8 Å². The number of unbranched alkanes of at least 4 members (excludes halogenated alkanes) is 1. The summed E-state index contributed by atoms with van der Waals surface area (Å²) in [5, 5.41) is 12.5. The molecule has 1 unspecified atom stereocenters. The van der Waals surface area contributed by atoms with Crippen molar-refractivity contribution in [3.63, 3.8) is 0 Å². The maximum Gasteiger partial charge on any atom is 0.162 e. The third-order valence-electron chi connectivity index (χ3n) is 3.38. The number of halogens is 1. The normalized spacial score (nSPS) is 12.2. The van der Waals surface area contributed by atoms with E-state index in [1.165, 1.54) is 0 Å². The van der Waals surface area contributed by atoms with E-state index in [-0.39, 0.29) is 12.6 Å². The predicted molar refractivity (Wildman–Crippen MR) is 89.1 cm³/mol. The van der Waals surface area contributed by atoms with Gasteiger partial charge in [-0.05, 0) is 30.5 Å². The SMILES string of the molecule is CCCCOc1cc(Br)c(CNC(CC)CO)cc1OC. The van der Waals surface area contributed by atoms with E-state index in [1.807, 2.05) is 19.1 Å². The second kappa shape index (κ2) is 10.0. The molecule has 21 heavy (non-hydrogen) atoms. The van der Waals surface area contributed by atoms with Crippen molar-refractivity contribution in [2.75, 3.05) is 20.3 Å². The molecular weight excluding hydrogens is 334 g/mol. The third-order valence-corrected chi connectivity index (χ3v) is 4.12. The van der Waals surface area contributed by atoms with Crippen molar-refractivity contribution in [2.24, 2.45) is 0 Å². The lowest BCUT2D eigenvalue weighted by molar-refractivity contribution is 0.238. The molecule has 5 heteroatoms. The Labute approximate surface area is 136 Å². The summed E-state index contributed by atoms with van der Waals surface area (Å²) >= 11 is 3.58. The van der Waals surface area contributed by atoms with Gasteiger partial charge in [0.1, 0.15) is 0 Å². The average molecular weight is 360 g/mol. The van der Waals surface area contributed by atoms with Crippen molar-refractivity contribution in [1.82, 2.24) is 5.32 Å². The van der Waals surface area contributed by atoms with Crippen LogP contribution in [-0.4, -0.2) is 31.5 Å². The maximum atomic E-state index is 9.22. The summed E-state index contributed by atoms with van der Waals surface area (Å²) in [7, 11) is 1.65. The quantitative estimate of drug-likeness (QED) is 0.627. The van der Waals surface area contributed by atoms with Crippen molar-refractivity contribution in [1.29, 1.82) is 0 Å². The van der Waals surface area contributed by atoms with E-state index >= 15 is 0 Å². The molecule has 0 aromatic heterocycles. The summed E-state index contributed by atoms with van der Waals surface area (Å²) in [6.07, 6.45) is 3.02. The van der Waals surface area contributed by atoms with Gasteiger partial charge in [-0.2, -0.15) is 0 Å². The average Bonchev–Trinajstić information content (AvgIpc) is 2.50. The van der Waals surface area contributed by atoms with Gasteiger partial charge in [0.15, 0.2) is 11.5 Å². The van der Waals surface area contributed by atoms with E-state index in [2.05, 4.69) is 28.2 Å². The van der Waals surface area contributed by atoms with Gasteiger partial charge in [-0.1, -0.05) is 36.2 Å². The second-order valence-corrected chi connectivity index (χ2v) is 5.82. The van der Waals surface area contributed by atoms with Crippen LogP contribution in [0.4, 0.5) is 0 Å². The van der Waals surface area contributed by atoms with Gasteiger partial charge in [-0.15, -0.1) is 0 Å². The van der Waals surface area contributed by atoms with Crippen molar-refractivity contribution in [3.05, 3.63) is 22.2 Å². The Hall–Kier alpha value is -0.780. The van der Waals surface area contributed by atoms with Crippen LogP contribution in [0.15, 0.2) is 16.6 Å². The Balaban J connectivity index is 2.77. The highest BCUT2D eigenvalue weighted by Gasteiger charge is 2.11. The number of aliphatic hydroxyl groups excluding tert-OH is 1. The van der Waals surface area contributed by atoms with Crippen LogP contribution in [0, 0.1) is 0 Å². The molecular formula is C16H26BrNO3. The van der Waals surface area contributed by atoms with Crippen LogP contribution in [0.3, 0.4) is 0 Å². The molecule has 4 nitrogen and oxygen atoms in total. The van der Waals surface area contributed by atoms with E-state index < -0.39 is 0 Å². The fourth-order valence-electron chi connectivity index (χ4n) is 1.90. The van der Waals surface area contributed by atoms with Crippen LogP contribution in [0.5, 0.6) is 11.5 Å². The first-order chi connectivity index (χ1) is 10.2. The number of ether oxygens (including phenoxy) is 2. The van der Waals surface area contributed by atoms with Crippen molar-refractivity contribution >= 4 is 15.9 Å². The molecule has 2 N–H and O–H groups in total. The van der Waals surface area contributed by atoms with Gasteiger partial charge in [0.2, 0.25) is 0 Å². The van der Waals surface area contributed by atoms with Gasteiger partial charge in [0, 0.05) is 17.1 Å². The van der Waals surface area contributed by atoms with Gasteiger partial charge in [0.25, 0.3) is 0 Å². The van der Waals surface area contributed by atoms with Crippen LogP contribution in [0.2, 0.25) is 0 Å². The van der Waals surface area contributed by atoms with E-state index in [9.17, 15) is 5.11 Å². The number of rotatable bonds is 10. The summed E-state index contributed by atoms with van der Waals surface area (Å²) in [6.45, 7) is 5.69. The van der Waals surface area contributed by atoms with E-state index in [0.717, 1.165) is 40.8 Å². The number of hydrogen-bond acceptors (Lipinski definition) is 4. The Morgan fingerprint density at radius 3 is 2.62 bits per heavy atom. The lowest BCUT2D eigenvalue weighted by atomic mass is 10.1. The number of methoxy groups -OCH3 is 1. The monoisotopic (exact) mass is 359 g/mol. The van der Waals surface area contributed by atoms with E-state index in [4.69, 9.17) is 9.47 Å². The molecule has 0 aliphatic carbocycles. The molecule has 0 saturated heterocycles. The number of nitrogens with one attached hydrogen (secondary N) is 1. The Kier molecular flexibility index (Phi) is 8.73. The summed E-state index contributed by atoms with van der Waals surface area (Å²) in [6, 6.07) is 4.04. The van der Waals surface area contributed by atoms with Crippen molar-refractivity contribution in [3.8, 4) is 11.5 Å². The zero-order valence-corrected chi connectivity index (χ0v) is 14.7. The van der Waals surface area contributed by atoms with Gasteiger partial charge in [0.05, 0.1) is 20.3 Å². The molecule has 0 radical (unpaired) electrons. The van der Waals surface area contributed by atoms with Gasteiger partial charge in [-0.25, -0.2) is 0 Å². The first-order valence-corrected chi connectivity index (χ1v) is 8.28. The van der Waals surface area contributed by atoms with Crippen molar-refractivity contribution in [2.45, 2.75) is 45.7 Å². The Bertz CT molecular complexity index is 422. The molecule has 0 heterocycles. The number of benzene rings is 1. The second-order valence-electron chi connectivity index (χ2n) is 4.97. The maximum absolute atomic E-state index is 9.22. The molecule has 0 aliphatic heterocycles. The molecule has 120 valence electrons. The fourth-order valence-corrected chi connectivity index (χ4v) is 2.37. The molecule has 1 aromatic rings. The molecule has 0 saturated carbocycles. The topological polar surface area (TPSA) is 50.7 Å². The highest BCUT2D eigenvalue weighted by molar-refractivity contribution is 9.10. The molecule has 1 atom stereocenters. The lowest BCUT2D eigenvalue weighted by Crippen LogP contribution is -2.31. The van der Waals surface area contributed by atoms with Crippen LogP contribution in [-0.2, 0) is 6.54 Å². The first-order valence-electron chi connectivity index (χ1n) is 7.49. The minimum absolute atomic E-state index is 0.114. The molecule has 0 fully saturated rings. The zero-order valence-electron chi connectivity index (χ0n) is 13.1. The van der Waals surface area contributed by atoms with E-state index in [0.29, 0.717) is 13.2 Å². The molecule has 0 spiro atoms. The molecule has 0 amide bonds. The van der Waals surface area contributed by atoms with Gasteiger partial charge in [-0.3, -0.25) is 0 Å². The van der Waals surface area contributed by atoms with E-state index in [1.54, 1.807) is 7.11 Å². The van der Waals surface area contributed by atoms with Gasteiger partial charge < -0.3 is 19.9 Å². The van der Waals surface area contributed by atoms with Gasteiger partial charge >= 0.3 is 0 Å². The third kappa shape index (κ3) is 5.85. The zero-order chi connectivity index (χ0) is 15.7. The molecule has 0 bridgehead atoms. The standard InChI is InChI=1S/C16H26BrNO3/c1-4-6-7-21-16-9-14(17)12(8-15(16)20-3)10-18-13(5-2)11-19/h8-9,13,18-19H,4-7,10-11H2,1-3H3. The highest BCUT2D eigenvalue weighted by Crippen LogP contribution is 2.33. The molecule has 1 aromatic carbocycles. The summed E-state index contributed by atoms with van der Waals surface area (Å²) in [4.78, 5) is 0. The summed E-state index contributed by atoms with van der Waals surface area (Å²) in [5.74, 6) is 1.50. The predicted octanol–water partition coefficient (Wildman–Crippen LogP) is 3.50. The smallest absolute Gasteiger partial charge is 0.162 e. The summed E-state index contributed by atoms with van der Waals surface area (Å²) < 4.78 is 12.1. The Morgan fingerprint density at radius 1 is 1.29 bits per heavy atom. The fraction of sp³-hybridized carbons (Fsp3) is 0.625. The first kappa shape index (κ1) is 18.3. The lowest BCUT2D eigenvalue weighted by Gasteiger charge is -2.17. The van der Waals surface area contributed by atoms with Crippen LogP contribution in [0.25, 0.3) is 0 Å². The minimum Gasteiger partial charge on any atom is -0.493 e. The molecule has 1 rings (SSSR count). The highest BCUT2D eigenvalue weighted by atomic mass is 79.9. The number of aliphatic hydroxyl groups is 1. The van der Waals surface area contributed by atoms with Crippen LogP contribution in [0.1, 0.15) is 38.7 Å². The van der Waals surface area contributed by atoms with Crippen molar-refractivity contribution < 1.29 is 14.6 Å². The largest absolute Gasteiger partial charge is 0.493 e. The Morgan fingerprint density at radius 2 is 2.05 bits per heavy atom.